The summed E-state index contributed by atoms with van der Waals surface area (Å²) in [6, 6.07) is 4.38. The van der Waals surface area contributed by atoms with E-state index in [1.165, 1.54) is 29.1 Å². The first-order valence-electron chi connectivity index (χ1n) is 8.13. The molecule has 0 amide bonds. The fraction of sp³-hybridized carbons (Fsp3) is 0.471. The SMILES string of the molecule is CC(C)(C)OC(=O)c1ccc(-n2ccc(O[C@@H]3CC3C(F)(F)F)n2)nc1Cl. The summed E-state index contributed by atoms with van der Waals surface area (Å²) in [4.78, 5) is 16.2. The van der Waals surface area contributed by atoms with Crippen LogP contribution in [-0.4, -0.2) is 38.6 Å². The Morgan fingerprint density at radius 2 is 1.96 bits per heavy atom. The van der Waals surface area contributed by atoms with E-state index in [9.17, 15) is 18.0 Å². The highest BCUT2D eigenvalue weighted by Crippen LogP contribution is 2.46. The van der Waals surface area contributed by atoms with Crippen molar-refractivity contribution in [2.45, 2.75) is 45.1 Å². The molecule has 2 aromatic rings. The van der Waals surface area contributed by atoms with Gasteiger partial charge in [-0.25, -0.2) is 14.5 Å². The van der Waals surface area contributed by atoms with Crippen LogP contribution in [0.15, 0.2) is 24.4 Å². The summed E-state index contributed by atoms with van der Waals surface area (Å²) in [5.74, 6) is -1.72. The van der Waals surface area contributed by atoms with E-state index in [1.54, 1.807) is 20.8 Å². The lowest BCUT2D eigenvalue weighted by Crippen LogP contribution is -2.24. The van der Waals surface area contributed by atoms with Crippen LogP contribution in [0.4, 0.5) is 13.2 Å². The zero-order valence-electron chi connectivity index (χ0n) is 14.7. The molecule has 0 bridgehead atoms. The van der Waals surface area contributed by atoms with E-state index in [4.69, 9.17) is 21.1 Å². The van der Waals surface area contributed by atoms with Crippen molar-refractivity contribution in [3.05, 3.63) is 35.1 Å². The van der Waals surface area contributed by atoms with Crippen LogP contribution in [0.1, 0.15) is 37.6 Å². The summed E-state index contributed by atoms with van der Waals surface area (Å²) in [7, 11) is 0. The Hall–Kier alpha value is -2.29. The molecule has 2 heterocycles. The van der Waals surface area contributed by atoms with Crippen molar-refractivity contribution in [1.82, 2.24) is 14.8 Å². The molecule has 146 valence electrons. The minimum Gasteiger partial charge on any atom is -0.473 e. The predicted molar refractivity (Wildman–Crippen MR) is 90.1 cm³/mol. The van der Waals surface area contributed by atoms with E-state index < -0.39 is 29.8 Å². The third-order valence-corrected chi connectivity index (χ3v) is 3.96. The summed E-state index contributed by atoms with van der Waals surface area (Å²) in [5, 5.41) is 3.97. The van der Waals surface area contributed by atoms with E-state index in [0.717, 1.165) is 0 Å². The minimum absolute atomic E-state index is 0.0564. The fourth-order valence-electron chi connectivity index (χ4n) is 2.34. The van der Waals surface area contributed by atoms with Gasteiger partial charge in [0, 0.05) is 12.3 Å². The normalized spacial score (nSPS) is 19.7. The average Bonchev–Trinajstić information content (AvgIpc) is 3.13. The third-order valence-electron chi connectivity index (χ3n) is 3.68. The molecule has 0 saturated heterocycles. The lowest BCUT2D eigenvalue weighted by Gasteiger charge is -2.19. The van der Waals surface area contributed by atoms with Crippen molar-refractivity contribution < 1.29 is 27.4 Å². The highest BCUT2D eigenvalue weighted by atomic mass is 35.5. The number of carbonyl (C=O) groups is 1. The summed E-state index contributed by atoms with van der Waals surface area (Å²) in [6.45, 7) is 5.19. The number of hydrogen-bond acceptors (Lipinski definition) is 5. The molecule has 2 atom stereocenters. The summed E-state index contributed by atoms with van der Waals surface area (Å²) in [6.07, 6.45) is -3.78. The van der Waals surface area contributed by atoms with Crippen LogP contribution >= 0.6 is 11.6 Å². The topological polar surface area (TPSA) is 66.2 Å². The first-order valence-corrected chi connectivity index (χ1v) is 8.51. The van der Waals surface area contributed by atoms with Crippen molar-refractivity contribution >= 4 is 17.6 Å². The monoisotopic (exact) mass is 403 g/mol. The first-order chi connectivity index (χ1) is 12.4. The van der Waals surface area contributed by atoms with E-state index in [-0.39, 0.29) is 28.8 Å². The lowest BCUT2D eigenvalue weighted by atomic mass is 10.2. The molecule has 1 fully saturated rings. The summed E-state index contributed by atoms with van der Waals surface area (Å²) in [5.41, 5.74) is -0.574. The van der Waals surface area contributed by atoms with E-state index >= 15 is 0 Å². The van der Waals surface area contributed by atoms with Gasteiger partial charge in [0.2, 0.25) is 5.88 Å². The number of alkyl halides is 3. The van der Waals surface area contributed by atoms with Crippen molar-refractivity contribution in [2.24, 2.45) is 5.92 Å². The van der Waals surface area contributed by atoms with Gasteiger partial charge in [0.1, 0.15) is 16.9 Å². The van der Waals surface area contributed by atoms with E-state index in [1.807, 2.05) is 0 Å². The molecule has 10 heteroatoms. The van der Waals surface area contributed by atoms with Gasteiger partial charge in [-0.15, -0.1) is 5.10 Å². The number of rotatable bonds is 4. The van der Waals surface area contributed by atoms with Crippen molar-refractivity contribution in [3.8, 4) is 11.7 Å². The molecule has 1 unspecified atom stereocenters. The number of carbonyl (C=O) groups excluding carboxylic acids is 1. The Kier molecular flexibility index (Phi) is 4.83. The van der Waals surface area contributed by atoms with Gasteiger partial charge >= 0.3 is 12.1 Å². The van der Waals surface area contributed by atoms with Crippen LogP contribution in [-0.2, 0) is 4.74 Å². The average molecular weight is 404 g/mol. The number of esters is 1. The molecule has 3 rings (SSSR count). The molecule has 0 aromatic carbocycles. The van der Waals surface area contributed by atoms with Gasteiger partial charge in [0.15, 0.2) is 5.82 Å². The molecule has 1 saturated carbocycles. The largest absolute Gasteiger partial charge is 0.473 e. The molecule has 27 heavy (non-hydrogen) atoms. The Morgan fingerprint density at radius 1 is 1.26 bits per heavy atom. The Labute approximate surface area is 158 Å². The highest BCUT2D eigenvalue weighted by Gasteiger charge is 2.57. The molecule has 0 radical (unpaired) electrons. The molecule has 1 aliphatic rings. The van der Waals surface area contributed by atoms with Gasteiger partial charge in [-0.2, -0.15) is 13.2 Å². The molecule has 6 nitrogen and oxygen atoms in total. The van der Waals surface area contributed by atoms with Gasteiger partial charge in [-0.3, -0.25) is 0 Å². The van der Waals surface area contributed by atoms with Gasteiger partial charge < -0.3 is 9.47 Å². The molecule has 2 aromatic heterocycles. The highest BCUT2D eigenvalue weighted by molar-refractivity contribution is 6.32. The molecule has 0 spiro atoms. The van der Waals surface area contributed by atoms with E-state index in [0.29, 0.717) is 0 Å². The maximum Gasteiger partial charge on any atom is 0.395 e. The van der Waals surface area contributed by atoms with E-state index in [2.05, 4.69) is 10.1 Å². The third kappa shape index (κ3) is 4.71. The van der Waals surface area contributed by atoms with Gasteiger partial charge in [0.25, 0.3) is 0 Å². The van der Waals surface area contributed by atoms with Gasteiger partial charge in [0.05, 0.1) is 11.5 Å². The fourth-order valence-corrected chi connectivity index (χ4v) is 2.56. The zero-order chi connectivity index (χ0) is 20.0. The number of nitrogens with zero attached hydrogens (tertiary/aromatic N) is 3. The first kappa shape index (κ1) is 19.5. The van der Waals surface area contributed by atoms with Crippen LogP contribution < -0.4 is 4.74 Å². The van der Waals surface area contributed by atoms with Crippen molar-refractivity contribution in [3.63, 3.8) is 0 Å². The second-order valence-corrected chi connectivity index (χ2v) is 7.51. The maximum atomic E-state index is 12.5. The molecular formula is C17H17ClF3N3O3. The number of aromatic nitrogens is 3. The van der Waals surface area contributed by atoms with Crippen LogP contribution in [0, 0.1) is 5.92 Å². The van der Waals surface area contributed by atoms with Crippen molar-refractivity contribution in [2.75, 3.05) is 0 Å². The molecule has 0 N–H and O–H groups in total. The number of halogens is 4. The van der Waals surface area contributed by atoms with Crippen LogP contribution in [0.3, 0.4) is 0 Å². The van der Waals surface area contributed by atoms with Crippen molar-refractivity contribution in [1.29, 1.82) is 0 Å². The predicted octanol–water partition coefficient (Wildman–Crippen LogP) is 4.21. The van der Waals surface area contributed by atoms with Crippen LogP contribution in [0.5, 0.6) is 5.88 Å². The standard InChI is InChI=1S/C17H17ClF3N3O3/c1-16(2,3)27-15(25)9-4-5-12(22-14(9)18)24-7-6-13(23-24)26-11-8-10(11)17(19,20)21/h4-7,10-11H,8H2,1-3H3/t10?,11-/m1/s1. The second kappa shape index (κ2) is 6.70. The molecule has 1 aliphatic carbocycles. The maximum absolute atomic E-state index is 12.5. The summed E-state index contributed by atoms with van der Waals surface area (Å²) < 4.78 is 49.4. The zero-order valence-corrected chi connectivity index (χ0v) is 15.5. The quantitative estimate of drug-likeness (QED) is 0.565. The lowest BCUT2D eigenvalue weighted by molar-refractivity contribution is -0.153. The number of hydrogen-bond donors (Lipinski definition) is 0. The smallest absolute Gasteiger partial charge is 0.395 e. The molecule has 0 aliphatic heterocycles. The Bertz CT molecular complexity index is 861. The number of ether oxygens (including phenoxy) is 2. The Morgan fingerprint density at radius 3 is 2.52 bits per heavy atom. The second-order valence-electron chi connectivity index (χ2n) is 7.15. The Balaban J connectivity index is 1.70. The summed E-state index contributed by atoms with van der Waals surface area (Å²) >= 11 is 6.06. The minimum atomic E-state index is -4.26. The van der Waals surface area contributed by atoms with Gasteiger partial charge in [-0.1, -0.05) is 11.6 Å². The van der Waals surface area contributed by atoms with Gasteiger partial charge in [-0.05, 0) is 39.3 Å². The number of pyridine rings is 1. The molecular weight excluding hydrogens is 387 g/mol. The van der Waals surface area contributed by atoms with Crippen LogP contribution in [0.25, 0.3) is 5.82 Å². The van der Waals surface area contributed by atoms with Crippen LogP contribution in [0.2, 0.25) is 5.15 Å².